The molecule has 16 nitrogen and oxygen atoms in total. The summed E-state index contributed by atoms with van der Waals surface area (Å²) in [6.07, 6.45) is 5.19. The van der Waals surface area contributed by atoms with Gasteiger partial charge in [-0.2, -0.15) is 0 Å². The molecule has 2 aliphatic heterocycles. The highest BCUT2D eigenvalue weighted by atomic mass is 32.2. The Hall–Kier alpha value is -4.74. The number of aromatic nitrogens is 2. The number of sulfonamides is 1. The van der Waals surface area contributed by atoms with Gasteiger partial charge in [-0.1, -0.05) is 32.4 Å². The quantitative estimate of drug-likeness (QED) is 0.285. The van der Waals surface area contributed by atoms with Crippen molar-refractivity contribution in [3.63, 3.8) is 0 Å². The lowest BCUT2D eigenvalue weighted by molar-refractivity contribution is -0.142. The van der Waals surface area contributed by atoms with Crippen molar-refractivity contribution in [2.75, 3.05) is 13.7 Å². The summed E-state index contributed by atoms with van der Waals surface area (Å²) in [7, 11) is -2.67. The number of nitrogens with zero attached hydrogens (tertiary/aromatic N) is 2. The standard InChI is InChI=1S/C38H51FN6O10S/c1-7-21-14-20(2)10-8-9-11-22-18-38(22,35(49)44-56(51,52)24-12-13-24)43-31(46)28-15-23(19-45(28)34(48)30(21)42-36(50)55-37(3,4)5)54-33-32(47)40-26-16-25(39)29(53-6)17-27(26)41-33/h9,11,16-17,20-24,28,30H,7-8,10,12-15,18-19H2,1-6H3,(H,40,47)(H,42,50)(H,43,46)(H,44,49)/b11-9-/t20-,21-,22?,23-,28+,30+,38-/m1/s1. The second-order valence-corrected chi connectivity index (χ2v) is 18.4. The number of methoxy groups -OCH3 is 1. The van der Waals surface area contributed by atoms with Crippen molar-refractivity contribution in [1.29, 1.82) is 0 Å². The third-order valence-corrected chi connectivity index (χ3v) is 12.7. The van der Waals surface area contributed by atoms with Crippen molar-refractivity contribution >= 4 is 44.9 Å². The van der Waals surface area contributed by atoms with Crippen LogP contribution in [0.1, 0.15) is 86.0 Å². The molecular formula is C38H51FN6O10S. The van der Waals surface area contributed by atoms with Crippen LogP contribution in [0, 0.1) is 23.6 Å². The van der Waals surface area contributed by atoms with Crippen LogP contribution in [0.3, 0.4) is 0 Å². The Labute approximate surface area is 324 Å². The minimum absolute atomic E-state index is 0.0884. The number of rotatable bonds is 8. The maximum atomic E-state index is 14.8. The molecule has 1 unspecified atom stereocenters. The van der Waals surface area contributed by atoms with Crippen LogP contribution in [0.15, 0.2) is 29.1 Å². The maximum Gasteiger partial charge on any atom is 0.408 e. The van der Waals surface area contributed by atoms with Crippen molar-refractivity contribution < 1.29 is 46.2 Å². The Kier molecular flexibility index (Phi) is 11.4. The Morgan fingerprint density at radius 2 is 1.86 bits per heavy atom. The number of ether oxygens (including phenoxy) is 3. The van der Waals surface area contributed by atoms with Crippen LogP contribution in [-0.2, 0) is 29.1 Å². The van der Waals surface area contributed by atoms with Crippen LogP contribution in [-0.4, -0.2) is 95.3 Å². The number of carbonyl (C=O) groups is 4. The fourth-order valence-corrected chi connectivity index (χ4v) is 8.98. The highest BCUT2D eigenvalue weighted by Gasteiger charge is 2.62. The molecule has 6 rings (SSSR count). The Bertz CT molecular complexity index is 2080. The molecule has 1 aromatic heterocycles. The smallest absolute Gasteiger partial charge is 0.408 e. The van der Waals surface area contributed by atoms with Crippen LogP contribution in [0.2, 0.25) is 0 Å². The molecule has 2 saturated carbocycles. The molecule has 18 heteroatoms. The van der Waals surface area contributed by atoms with Gasteiger partial charge in [0.05, 0.1) is 29.9 Å². The molecule has 4 aliphatic rings. The van der Waals surface area contributed by atoms with E-state index in [1.807, 2.05) is 26.0 Å². The molecule has 1 saturated heterocycles. The van der Waals surface area contributed by atoms with Gasteiger partial charge in [-0.05, 0) is 71.1 Å². The molecule has 56 heavy (non-hydrogen) atoms. The van der Waals surface area contributed by atoms with Crippen LogP contribution < -0.4 is 30.4 Å². The molecule has 4 N–H and O–H groups in total. The summed E-state index contributed by atoms with van der Waals surface area (Å²) in [4.78, 5) is 77.5. The first-order chi connectivity index (χ1) is 26.3. The third-order valence-electron chi connectivity index (χ3n) is 10.9. The lowest BCUT2D eigenvalue weighted by Gasteiger charge is -2.34. The molecule has 7 atom stereocenters. The van der Waals surface area contributed by atoms with Gasteiger partial charge in [-0.15, -0.1) is 0 Å². The van der Waals surface area contributed by atoms with Gasteiger partial charge in [0.1, 0.15) is 29.3 Å². The fourth-order valence-electron chi connectivity index (χ4n) is 7.62. The number of hydrogen-bond acceptors (Lipinski definition) is 11. The van der Waals surface area contributed by atoms with Crippen LogP contribution in [0.25, 0.3) is 11.0 Å². The summed E-state index contributed by atoms with van der Waals surface area (Å²) in [6, 6.07) is -0.0615. The predicted octanol–water partition coefficient (Wildman–Crippen LogP) is 3.20. The average molecular weight is 803 g/mol. The van der Waals surface area contributed by atoms with Gasteiger partial charge in [0.25, 0.3) is 11.8 Å². The molecule has 0 bridgehead atoms. The van der Waals surface area contributed by atoms with Crippen LogP contribution >= 0.6 is 0 Å². The highest BCUT2D eigenvalue weighted by Crippen LogP contribution is 2.46. The zero-order valence-electron chi connectivity index (χ0n) is 32.5. The van der Waals surface area contributed by atoms with E-state index in [9.17, 15) is 36.8 Å². The van der Waals surface area contributed by atoms with E-state index in [1.54, 1.807) is 20.8 Å². The largest absolute Gasteiger partial charge is 0.494 e. The summed E-state index contributed by atoms with van der Waals surface area (Å²) in [6.45, 7) is 8.83. The van der Waals surface area contributed by atoms with E-state index in [0.29, 0.717) is 32.1 Å². The first kappa shape index (κ1) is 40.9. The van der Waals surface area contributed by atoms with Gasteiger partial charge in [0, 0.05) is 24.5 Å². The zero-order valence-corrected chi connectivity index (χ0v) is 33.3. The number of benzene rings is 1. The number of hydrogen-bond donors (Lipinski definition) is 4. The maximum absolute atomic E-state index is 14.8. The summed E-state index contributed by atoms with van der Waals surface area (Å²) in [5.41, 5.74) is -3.01. The summed E-state index contributed by atoms with van der Waals surface area (Å²) in [5, 5.41) is 4.91. The SMILES string of the molecule is CC[C@@H]1C[C@H](C)CC/C=C\C2C[C@@]2(C(=O)NS(=O)(=O)C2CC2)NC(=O)[C@@H]2C[C@@H](Oc3nc4cc(OC)c(F)cc4[nH]c3=O)CN2C(=O)[C@H]1NC(=O)OC(C)(C)C. The molecular weight excluding hydrogens is 752 g/mol. The normalized spacial score (nSPS) is 29.2. The summed E-state index contributed by atoms with van der Waals surface area (Å²) < 4.78 is 59.0. The minimum Gasteiger partial charge on any atom is -0.494 e. The number of aromatic amines is 1. The fraction of sp³-hybridized carbons (Fsp3) is 0.632. The van der Waals surface area contributed by atoms with E-state index in [4.69, 9.17) is 14.2 Å². The van der Waals surface area contributed by atoms with Crippen molar-refractivity contribution in [2.45, 2.75) is 121 Å². The molecule has 0 spiro atoms. The zero-order chi connectivity index (χ0) is 40.7. The van der Waals surface area contributed by atoms with Crippen molar-refractivity contribution in [3.8, 4) is 11.6 Å². The van der Waals surface area contributed by atoms with Crippen molar-refractivity contribution in [1.82, 2.24) is 30.2 Å². The summed E-state index contributed by atoms with van der Waals surface area (Å²) >= 11 is 0. The third kappa shape index (κ3) is 8.94. The molecule has 2 aromatic rings. The van der Waals surface area contributed by atoms with Gasteiger partial charge >= 0.3 is 11.7 Å². The Balaban J connectivity index is 1.36. The first-order valence-electron chi connectivity index (χ1n) is 19.1. The summed E-state index contributed by atoms with van der Waals surface area (Å²) in [5.74, 6) is -4.21. The van der Waals surface area contributed by atoms with E-state index in [-0.39, 0.29) is 48.0 Å². The van der Waals surface area contributed by atoms with Gasteiger partial charge in [0.2, 0.25) is 21.8 Å². The minimum atomic E-state index is -3.95. The topological polar surface area (TPSA) is 215 Å². The van der Waals surface area contributed by atoms with Gasteiger partial charge in [-0.3, -0.25) is 23.9 Å². The van der Waals surface area contributed by atoms with Crippen molar-refractivity contribution in [3.05, 3.63) is 40.5 Å². The molecule has 4 amide bonds. The number of amides is 4. The molecule has 2 aliphatic carbocycles. The number of H-pyrrole nitrogens is 1. The van der Waals surface area contributed by atoms with E-state index in [2.05, 4.69) is 25.3 Å². The Morgan fingerprint density at radius 3 is 2.52 bits per heavy atom. The van der Waals surface area contributed by atoms with E-state index in [1.165, 1.54) is 18.1 Å². The van der Waals surface area contributed by atoms with Crippen molar-refractivity contribution in [2.24, 2.45) is 17.8 Å². The van der Waals surface area contributed by atoms with Gasteiger partial charge in [-0.25, -0.2) is 22.6 Å². The van der Waals surface area contributed by atoms with E-state index < -0.39 is 91.6 Å². The second kappa shape index (κ2) is 15.7. The highest BCUT2D eigenvalue weighted by molar-refractivity contribution is 7.91. The lowest BCUT2D eigenvalue weighted by Crippen LogP contribution is -2.59. The molecule has 3 heterocycles. The predicted molar refractivity (Wildman–Crippen MR) is 202 cm³/mol. The average Bonchev–Trinajstić information content (AvgIpc) is 4.04. The molecule has 3 fully saturated rings. The second-order valence-electron chi connectivity index (χ2n) is 16.4. The number of halogens is 1. The van der Waals surface area contributed by atoms with Crippen LogP contribution in [0.5, 0.6) is 11.6 Å². The molecule has 0 radical (unpaired) electrons. The Morgan fingerprint density at radius 1 is 1.12 bits per heavy atom. The van der Waals surface area contributed by atoms with E-state index in [0.717, 1.165) is 12.5 Å². The number of fused-ring (bicyclic) bond motifs is 3. The number of allylic oxidation sites excluding steroid dienone is 1. The van der Waals surface area contributed by atoms with E-state index >= 15 is 0 Å². The monoisotopic (exact) mass is 802 g/mol. The molecule has 1 aromatic carbocycles. The number of carbonyl (C=O) groups excluding carboxylic acids is 4. The molecule has 306 valence electrons. The van der Waals surface area contributed by atoms with Gasteiger partial charge in [0.15, 0.2) is 11.6 Å². The first-order valence-corrected chi connectivity index (χ1v) is 20.7. The number of nitrogens with one attached hydrogen (secondary N) is 4. The van der Waals surface area contributed by atoms with Crippen LogP contribution in [0.4, 0.5) is 9.18 Å². The lowest BCUT2D eigenvalue weighted by atomic mass is 9.85. The van der Waals surface area contributed by atoms with Gasteiger partial charge < -0.3 is 34.7 Å². The number of alkyl carbamates (subject to hydrolysis) is 1.